The summed E-state index contributed by atoms with van der Waals surface area (Å²) in [5, 5.41) is 4.01. The number of rotatable bonds is 6. The summed E-state index contributed by atoms with van der Waals surface area (Å²) < 4.78 is 4.55. The molecule has 1 aromatic rings. The molecule has 0 saturated carbocycles. The maximum Gasteiger partial charge on any atom is 0.138 e. The second-order valence-corrected chi connectivity index (χ2v) is 4.63. The smallest absolute Gasteiger partial charge is 0.138 e. The Hall–Kier alpha value is -0.190. The van der Waals surface area contributed by atoms with Gasteiger partial charge in [0.25, 0.3) is 0 Å². The first-order valence-corrected chi connectivity index (χ1v) is 6.12. The van der Waals surface area contributed by atoms with Crippen LogP contribution in [-0.4, -0.2) is 27.6 Å². The SMILES string of the molecule is CCCN(CCC)Cc1nnsc1Cl. The van der Waals surface area contributed by atoms with Crippen LogP contribution in [0.25, 0.3) is 0 Å². The van der Waals surface area contributed by atoms with Gasteiger partial charge >= 0.3 is 0 Å². The highest BCUT2D eigenvalue weighted by atomic mass is 35.5. The van der Waals surface area contributed by atoms with E-state index in [2.05, 4.69) is 28.3 Å². The summed E-state index contributed by atoms with van der Waals surface area (Å²) in [6.45, 7) is 7.40. The van der Waals surface area contributed by atoms with Crippen molar-refractivity contribution in [3.8, 4) is 0 Å². The molecular formula is C9H16ClN3S. The maximum atomic E-state index is 5.95. The number of halogens is 1. The van der Waals surface area contributed by atoms with Crippen molar-refractivity contribution in [3.63, 3.8) is 0 Å². The minimum Gasteiger partial charge on any atom is -0.297 e. The fourth-order valence-corrected chi connectivity index (χ4v) is 2.02. The van der Waals surface area contributed by atoms with Crippen LogP contribution in [-0.2, 0) is 6.54 Å². The third kappa shape index (κ3) is 3.52. The Labute approximate surface area is 94.2 Å². The van der Waals surface area contributed by atoms with Gasteiger partial charge < -0.3 is 0 Å². The van der Waals surface area contributed by atoms with Gasteiger partial charge in [-0.25, -0.2) is 0 Å². The van der Waals surface area contributed by atoms with Crippen molar-refractivity contribution >= 4 is 23.1 Å². The summed E-state index contributed by atoms with van der Waals surface area (Å²) in [5.41, 5.74) is 0.915. The lowest BCUT2D eigenvalue weighted by Gasteiger charge is -2.19. The molecule has 0 unspecified atom stereocenters. The minimum atomic E-state index is 0.724. The van der Waals surface area contributed by atoms with Crippen LogP contribution in [0.15, 0.2) is 0 Å². The van der Waals surface area contributed by atoms with Gasteiger partial charge in [0.2, 0.25) is 0 Å². The Kier molecular flexibility index (Phi) is 5.37. The van der Waals surface area contributed by atoms with Crippen LogP contribution >= 0.6 is 23.1 Å². The Morgan fingerprint density at radius 2 is 1.93 bits per heavy atom. The average molecular weight is 234 g/mol. The van der Waals surface area contributed by atoms with Crippen molar-refractivity contribution in [1.82, 2.24) is 14.5 Å². The van der Waals surface area contributed by atoms with E-state index in [1.54, 1.807) is 0 Å². The van der Waals surface area contributed by atoms with Crippen molar-refractivity contribution in [3.05, 3.63) is 10.0 Å². The molecule has 0 aromatic carbocycles. The first-order chi connectivity index (χ1) is 6.77. The van der Waals surface area contributed by atoms with E-state index in [1.807, 2.05) is 0 Å². The Morgan fingerprint density at radius 3 is 2.36 bits per heavy atom. The fraction of sp³-hybridized carbons (Fsp3) is 0.778. The molecule has 0 spiro atoms. The van der Waals surface area contributed by atoms with Crippen molar-refractivity contribution in [2.24, 2.45) is 0 Å². The zero-order valence-electron chi connectivity index (χ0n) is 8.66. The van der Waals surface area contributed by atoms with Crippen molar-refractivity contribution in [1.29, 1.82) is 0 Å². The largest absolute Gasteiger partial charge is 0.297 e. The summed E-state index contributed by atoms with van der Waals surface area (Å²) in [5.74, 6) is 0. The van der Waals surface area contributed by atoms with Crippen LogP contribution in [0.2, 0.25) is 4.34 Å². The molecule has 0 bridgehead atoms. The highest BCUT2D eigenvalue weighted by Gasteiger charge is 2.10. The number of nitrogens with zero attached hydrogens (tertiary/aromatic N) is 3. The van der Waals surface area contributed by atoms with Crippen LogP contribution in [0, 0.1) is 0 Å². The first-order valence-electron chi connectivity index (χ1n) is 4.97. The fourth-order valence-electron chi connectivity index (χ4n) is 1.41. The molecule has 1 aromatic heterocycles. The lowest BCUT2D eigenvalue weighted by atomic mass is 10.3. The molecule has 1 heterocycles. The molecule has 0 atom stereocenters. The van der Waals surface area contributed by atoms with E-state index in [4.69, 9.17) is 11.6 Å². The Morgan fingerprint density at radius 1 is 1.29 bits per heavy atom. The predicted molar refractivity (Wildman–Crippen MR) is 60.8 cm³/mol. The van der Waals surface area contributed by atoms with Crippen molar-refractivity contribution < 1.29 is 0 Å². The van der Waals surface area contributed by atoms with Gasteiger partial charge in [-0.1, -0.05) is 29.9 Å². The van der Waals surface area contributed by atoms with Gasteiger partial charge in [0.1, 0.15) is 10.0 Å². The van der Waals surface area contributed by atoms with Gasteiger partial charge in [-0.15, -0.1) is 5.10 Å². The normalized spacial score (nSPS) is 11.1. The third-order valence-electron chi connectivity index (χ3n) is 1.96. The van der Waals surface area contributed by atoms with Gasteiger partial charge in [-0.3, -0.25) is 4.90 Å². The van der Waals surface area contributed by atoms with Crippen molar-refractivity contribution in [2.45, 2.75) is 33.2 Å². The summed E-state index contributed by atoms with van der Waals surface area (Å²) in [4.78, 5) is 2.36. The second-order valence-electron chi connectivity index (χ2n) is 3.27. The van der Waals surface area contributed by atoms with Gasteiger partial charge in [0.05, 0.1) is 0 Å². The molecule has 0 fully saturated rings. The molecular weight excluding hydrogens is 218 g/mol. The number of hydrogen-bond donors (Lipinski definition) is 0. The number of hydrogen-bond acceptors (Lipinski definition) is 4. The summed E-state index contributed by atoms with van der Waals surface area (Å²) in [7, 11) is 0. The predicted octanol–water partition coefficient (Wildman–Crippen LogP) is 2.81. The second kappa shape index (κ2) is 6.32. The van der Waals surface area contributed by atoms with E-state index in [1.165, 1.54) is 11.5 Å². The lowest BCUT2D eigenvalue weighted by molar-refractivity contribution is 0.263. The number of aromatic nitrogens is 2. The molecule has 14 heavy (non-hydrogen) atoms. The quantitative estimate of drug-likeness (QED) is 0.757. The van der Waals surface area contributed by atoms with Crippen LogP contribution in [0.3, 0.4) is 0 Å². The molecule has 5 heteroatoms. The molecule has 3 nitrogen and oxygen atoms in total. The Bertz CT molecular complexity index is 258. The molecule has 1 rings (SSSR count). The van der Waals surface area contributed by atoms with E-state index in [-0.39, 0.29) is 0 Å². The molecule has 0 aliphatic rings. The molecule has 0 aliphatic carbocycles. The lowest BCUT2D eigenvalue weighted by Crippen LogP contribution is -2.25. The first kappa shape index (κ1) is 11.9. The van der Waals surface area contributed by atoms with Crippen LogP contribution in [0.4, 0.5) is 0 Å². The monoisotopic (exact) mass is 233 g/mol. The average Bonchev–Trinajstić information content (AvgIpc) is 2.53. The van der Waals surface area contributed by atoms with E-state index < -0.39 is 0 Å². The minimum absolute atomic E-state index is 0.724. The third-order valence-corrected chi connectivity index (χ3v) is 2.95. The van der Waals surface area contributed by atoms with E-state index in [0.29, 0.717) is 0 Å². The molecule has 0 radical (unpaired) electrons. The molecule has 0 saturated heterocycles. The molecule has 0 N–H and O–H groups in total. The van der Waals surface area contributed by atoms with Gasteiger partial charge in [-0.2, -0.15) is 0 Å². The molecule has 0 amide bonds. The van der Waals surface area contributed by atoms with Crippen molar-refractivity contribution in [2.75, 3.05) is 13.1 Å². The van der Waals surface area contributed by atoms with E-state index >= 15 is 0 Å². The van der Waals surface area contributed by atoms with E-state index in [0.717, 1.165) is 42.5 Å². The molecule has 0 aliphatic heterocycles. The Balaban J connectivity index is 2.50. The molecule has 80 valence electrons. The summed E-state index contributed by atoms with van der Waals surface area (Å²) in [6.07, 6.45) is 2.32. The van der Waals surface area contributed by atoms with E-state index in [9.17, 15) is 0 Å². The summed E-state index contributed by atoms with van der Waals surface area (Å²) in [6, 6.07) is 0. The van der Waals surface area contributed by atoms with Gasteiger partial charge in [0.15, 0.2) is 0 Å². The zero-order chi connectivity index (χ0) is 10.4. The highest BCUT2D eigenvalue weighted by Crippen LogP contribution is 2.18. The zero-order valence-corrected chi connectivity index (χ0v) is 10.2. The summed E-state index contributed by atoms with van der Waals surface area (Å²) >= 11 is 7.21. The van der Waals surface area contributed by atoms with Crippen LogP contribution in [0.5, 0.6) is 0 Å². The highest BCUT2D eigenvalue weighted by molar-refractivity contribution is 7.10. The van der Waals surface area contributed by atoms with Gasteiger partial charge in [0, 0.05) is 18.1 Å². The maximum absolute atomic E-state index is 5.95. The van der Waals surface area contributed by atoms with Crippen LogP contribution < -0.4 is 0 Å². The standard InChI is InChI=1S/C9H16ClN3S/c1-3-5-13(6-4-2)7-8-9(10)14-12-11-8/h3-7H2,1-2H3. The topological polar surface area (TPSA) is 29.0 Å². The van der Waals surface area contributed by atoms with Crippen LogP contribution in [0.1, 0.15) is 32.4 Å². The van der Waals surface area contributed by atoms with Gasteiger partial charge in [-0.05, 0) is 25.9 Å².